The molecular formula is C20H10Br2N2. The van der Waals surface area contributed by atoms with Gasteiger partial charge in [-0.25, -0.2) is 9.97 Å². The largest absolute Gasteiger partial charge is 0.244 e. The Morgan fingerprint density at radius 2 is 1.00 bits per heavy atom. The van der Waals surface area contributed by atoms with Gasteiger partial charge in [0, 0.05) is 19.7 Å². The molecule has 1 aromatic heterocycles. The van der Waals surface area contributed by atoms with Gasteiger partial charge in [0.2, 0.25) is 0 Å². The Labute approximate surface area is 154 Å². The van der Waals surface area contributed by atoms with E-state index in [1.807, 2.05) is 24.3 Å². The second kappa shape index (κ2) is 5.23. The van der Waals surface area contributed by atoms with E-state index in [0.717, 1.165) is 41.8 Å². The van der Waals surface area contributed by atoms with Crippen molar-refractivity contribution in [3.05, 3.63) is 69.6 Å². The van der Waals surface area contributed by atoms with Gasteiger partial charge in [-0.05, 0) is 47.2 Å². The lowest BCUT2D eigenvalue weighted by Crippen LogP contribution is -1.91. The Balaban J connectivity index is 2.14. The van der Waals surface area contributed by atoms with Crippen LogP contribution in [0.25, 0.3) is 43.6 Å². The van der Waals surface area contributed by atoms with Crippen LogP contribution >= 0.6 is 31.9 Å². The molecule has 2 nitrogen and oxygen atoms in total. The molecule has 0 amide bonds. The van der Waals surface area contributed by atoms with Crippen molar-refractivity contribution in [2.24, 2.45) is 0 Å². The zero-order chi connectivity index (χ0) is 16.3. The van der Waals surface area contributed by atoms with Crippen LogP contribution in [0.2, 0.25) is 0 Å². The third kappa shape index (κ3) is 2.06. The van der Waals surface area contributed by atoms with E-state index in [4.69, 9.17) is 9.97 Å². The maximum Gasteiger partial charge on any atom is 0.0979 e. The standard InChI is InChI=1S/C20H10Br2N2/c21-11-5-7-13-15(9-11)16-10-12(22)6-8-14(16)20-19(13)23-17-3-1-2-4-18(17)24-20/h1-10H. The smallest absolute Gasteiger partial charge is 0.0979 e. The third-order valence-corrected chi connectivity index (χ3v) is 5.32. The predicted octanol–water partition coefficient (Wildman–Crippen LogP) is 6.61. The van der Waals surface area contributed by atoms with Crippen LogP contribution in [0.3, 0.4) is 0 Å². The van der Waals surface area contributed by atoms with Crippen molar-refractivity contribution >= 4 is 75.5 Å². The first-order chi connectivity index (χ1) is 11.7. The summed E-state index contributed by atoms with van der Waals surface area (Å²) in [6.07, 6.45) is 0. The molecule has 0 aliphatic rings. The average molecular weight is 438 g/mol. The van der Waals surface area contributed by atoms with Crippen molar-refractivity contribution in [1.82, 2.24) is 9.97 Å². The second-order valence-corrected chi connectivity index (χ2v) is 7.62. The highest BCUT2D eigenvalue weighted by Gasteiger charge is 2.12. The van der Waals surface area contributed by atoms with E-state index in [0.29, 0.717) is 0 Å². The number of aromatic nitrogens is 2. The van der Waals surface area contributed by atoms with Crippen molar-refractivity contribution in [3.8, 4) is 0 Å². The van der Waals surface area contributed by atoms with E-state index >= 15 is 0 Å². The molecule has 0 aliphatic carbocycles. The molecular weight excluding hydrogens is 428 g/mol. The number of nitrogens with zero attached hydrogens (tertiary/aromatic N) is 2. The van der Waals surface area contributed by atoms with Gasteiger partial charge in [-0.15, -0.1) is 0 Å². The zero-order valence-corrected chi connectivity index (χ0v) is 15.6. The summed E-state index contributed by atoms with van der Waals surface area (Å²) < 4.78 is 2.12. The lowest BCUT2D eigenvalue weighted by Gasteiger charge is -2.11. The molecule has 0 saturated heterocycles. The molecule has 0 aliphatic heterocycles. The Morgan fingerprint density at radius 3 is 1.46 bits per heavy atom. The normalized spacial score (nSPS) is 11.8. The molecule has 1 heterocycles. The summed E-state index contributed by atoms with van der Waals surface area (Å²) in [6, 6.07) is 20.7. The van der Waals surface area contributed by atoms with Gasteiger partial charge in [0.25, 0.3) is 0 Å². The van der Waals surface area contributed by atoms with Gasteiger partial charge in [0.15, 0.2) is 0 Å². The summed E-state index contributed by atoms with van der Waals surface area (Å²) in [7, 11) is 0. The molecule has 5 rings (SSSR count). The Morgan fingerprint density at radius 1 is 0.542 bits per heavy atom. The summed E-state index contributed by atoms with van der Waals surface area (Å²) in [5.74, 6) is 0. The van der Waals surface area contributed by atoms with Gasteiger partial charge < -0.3 is 0 Å². The van der Waals surface area contributed by atoms with E-state index in [9.17, 15) is 0 Å². The van der Waals surface area contributed by atoms with Crippen LogP contribution in [0, 0.1) is 0 Å². The van der Waals surface area contributed by atoms with E-state index in [1.165, 1.54) is 10.8 Å². The number of fused-ring (bicyclic) bond motifs is 7. The van der Waals surface area contributed by atoms with Crippen LogP contribution in [0.15, 0.2) is 69.6 Å². The molecule has 4 heteroatoms. The Kier molecular flexibility index (Phi) is 3.12. The molecule has 0 radical (unpaired) electrons. The lowest BCUT2D eigenvalue weighted by atomic mass is 9.99. The van der Waals surface area contributed by atoms with E-state index in [-0.39, 0.29) is 0 Å². The molecule has 0 saturated carbocycles. The minimum atomic E-state index is 0.922. The summed E-state index contributed by atoms with van der Waals surface area (Å²) >= 11 is 7.19. The fourth-order valence-electron chi connectivity index (χ4n) is 3.27. The summed E-state index contributed by atoms with van der Waals surface area (Å²) in [4.78, 5) is 9.84. The van der Waals surface area contributed by atoms with Crippen LogP contribution in [-0.4, -0.2) is 9.97 Å². The summed E-state index contributed by atoms with van der Waals surface area (Å²) in [6.45, 7) is 0. The monoisotopic (exact) mass is 436 g/mol. The van der Waals surface area contributed by atoms with Crippen LogP contribution in [0.1, 0.15) is 0 Å². The van der Waals surface area contributed by atoms with Crippen molar-refractivity contribution < 1.29 is 0 Å². The van der Waals surface area contributed by atoms with Gasteiger partial charge in [-0.3, -0.25) is 0 Å². The van der Waals surface area contributed by atoms with Gasteiger partial charge in [-0.1, -0.05) is 56.1 Å². The molecule has 24 heavy (non-hydrogen) atoms. The number of benzene rings is 4. The first-order valence-electron chi connectivity index (χ1n) is 7.58. The lowest BCUT2D eigenvalue weighted by molar-refractivity contribution is 1.42. The van der Waals surface area contributed by atoms with Gasteiger partial charge in [0.1, 0.15) is 0 Å². The molecule has 0 spiro atoms. The highest BCUT2D eigenvalue weighted by atomic mass is 79.9. The second-order valence-electron chi connectivity index (χ2n) is 5.79. The van der Waals surface area contributed by atoms with Crippen molar-refractivity contribution in [2.45, 2.75) is 0 Å². The minimum Gasteiger partial charge on any atom is -0.244 e. The molecule has 0 unspecified atom stereocenters. The van der Waals surface area contributed by atoms with Gasteiger partial charge in [0.05, 0.1) is 22.1 Å². The van der Waals surface area contributed by atoms with Crippen molar-refractivity contribution in [2.75, 3.05) is 0 Å². The fraction of sp³-hybridized carbons (Fsp3) is 0. The molecule has 5 aromatic rings. The molecule has 0 bridgehead atoms. The maximum atomic E-state index is 4.92. The van der Waals surface area contributed by atoms with E-state index < -0.39 is 0 Å². The summed E-state index contributed by atoms with van der Waals surface area (Å²) in [5, 5.41) is 4.60. The van der Waals surface area contributed by atoms with Crippen LogP contribution in [0.4, 0.5) is 0 Å². The minimum absolute atomic E-state index is 0.922. The summed E-state index contributed by atoms with van der Waals surface area (Å²) in [5.41, 5.74) is 3.74. The Bertz CT molecular complexity index is 1180. The number of rotatable bonds is 0. The zero-order valence-electron chi connectivity index (χ0n) is 12.4. The fourth-order valence-corrected chi connectivity index (χ4v) is 3.99. The van der Waals surface area contributed by atoms with E-state index in [2.05, 4.69) is 68.3 Å². The number of hydrogen-bond donors (Lipinski definition) is 0. The van der Waals surface area contributed by atoms with Crippen molar-refractivity contribution in [3.63, 3.8) is 0 Å². The van der Waals surface area contributed by atoms with Crippen LogP contribution in [-0.2, 0) is 0 Å². The SMILES string of the molecule is Brc1ccc2c(c1)c1cc(Br)ccc1c1nc3ccccc3nc21. The predicted molar refractivity (Wildman–Crippen MR) is 107 cm³/mol. The number of halogens is 2. The van der Waals surface area contributed by atoms with Crippen LogP contribution in [0.5, 0.6) is 0 Å². The highest BCUT2D eigenvalue weighted by Crippen LogP contribution is 2.36. The van der Waals surface area contributed by atoms with E-state index in [1.54, 1.807) is 0 Å². The molecule has 114 valence electrons. The average Bonchev–Trinajstić information content (AvgIpc) is 2.60. The highest BCUT2D eigenvalue weighted by molar-refractivity contribution is 9.10. The van der Waals surface area contributed by atoms with Gasteiger partial charge >= 0.3 is 0 Å². The third-order valence-electron chi connectivity index (χ3n) is 4.33. The maximum absolute atomic E-state index is 4.92. The quantitative estimate of drug-likeness (QED) is 0.201. The molecule has 0 fully saturated rings. The number of hydrogen-bond acceptors (Lipinski definition) is 2. The molecule has 4 aromatic carbocycles. The molecule has 0 N–H and O–H groups in total. The Hall–Kier alpha value is -2.04. The molecule has 0 atom stereocenters. The number of para-hydroxylation sites is 2. The first kappa shape index (κ1) is 14.3. The van der Waals surface area contributed by atoms with Gasteiger partial charge in [-0.2, -0.15) is 0 Å². The van der Waals surface area contributed by atoms with Crippen molar-refractivity contribution in [1.29, 1.82) is 0 Å². The first-order valence-corrected chi connectivity index (χ1v) is 9.16. The topological polar surface area (TPSA) is 25.8 Å². The van der Waals surface area contributed by atoms with Crippen LogP contribution < -0.4 is 0 Å².